The van der Waals surface area contributed by atoms with Crippen LogP contribution in [0.2, 0.25) is 0 Å². The molecule has 1 unspecified atom stereocenters. The third kappa shape index (κ3) is 3.15. The number of nitrogens with one attached hydrogen (secondary N) is 2. The van der Waals surface area contributed by atoms with Gasteiger partial charge in [-0.2, -0.15) is 21.7 Å². The number of aromatic amines is 1. The van der Waals surface area contributed by atoms with Gasteiger partial charge in [0.05, 0.1) is 6.33 Å². The number of fused-ring (bicyclic) bond motifs is 1. The molecule has 0 aromatic carbocycles. The van der Waals surface area contributed by atoms with E-state index in [1.54, 1.807) is 6.33 Å². The van der Waals surface area contributed by atoms with E-state index < -0.39 is 0 Å². The minimum atomic E-state index is 0.415. The van der Waals surface area contributed by atoms with Crippen LogP contribution in [0.3, 0.4) is 0 Å². The van der Waals surface area contributed by atoms with E-state index in [2.05, 4.69) is 50.4 Å². The van der Waals surface area contributed by atoms with Gasteiger partial charge in [-0.05, 0) is 32.3 Å². The molecule has 2 N–H and O–H groups in total. The van der Waals surface area contributed by atoms with Gasteiger partial charge in [-0.3, -0.25) is 0 Å². The molecule has 2 aromatic rings. The van der Waals surface area contributed by atoms with Crippen molar-refractivity contribution < 1.29 is 0 Å². The summed E-state index contributed by atoms with van der Waals surface area (Å²) in [6.07, 6.45) is 4.92. The molecule has 0 aliphatic carbocycles. The van der Waals surface area contributed by atoms with Crippen molar-refractivity contribution in [3.63, 3.8) is 0 Å². The molecular weight excluding hydrogens is 272 g/mol. The van der Waals surface area contributed by atoms with Gasteiger partial charge in [-0.25, -0.2) is 4.98 Å². The average molecular weight is 294 g/mol. The first-order valence-electron chi connectivity index (χ1n) is 6.84. The van der Waals surface area contributed by atoms with Crippen molar-refractivity contribution in [2.75, 3.05) is 35.8 Å². The quantitative estimate of drug-likeness (QED) is 0.817. The summed E-state index contributed by atoms with van der Waals surface area (Å²) >= 11 is 1.87. The molecule has 1 atom stereocenters. The van der Waals surface area contributed by atoms with Crippen LogP contribution in [0.15, 0.2) is 6.33 Å². The highest BCUT2D eigenvalue weighted by atomic mass is 32.2. The van der Waals surface area contributed by atoms with Crippen LogP contribution in [0.5, 0.6) is 0 Å². The fourth-order valence-corrected chi connectivity index (χ4v) is 2.58. The topological polar surface area (TPSA) is 69.7 Å². The molecule has 0 radical (unpaired) electrons. The van der Waals surface area contributed by atoms with E-state index >= 15 is 0 Å². The fourth-order valence-electron chi connectivity index (χ4n) is 2.00. The number of imidazole rings is 1. The zero-order valence-electron chi connectivity index (χ0n) is 12.5. The smallest absolute Gasteiger partial charge is 0.226 e. The second kappa shape index (κ2) is 6.78. The summed E-state index contributed by atoms with van der Waals surface area (Å²) in [4.78, 5) is 18.6. The van der Waals surface area contributed by atoms with Crippen molar-refractivity contribution >= 4 is 34.7 Å². The first kappa shape index (κ1) is 14.9. The Morgan fingerprint density at radius 1 is 1.45 bits per heavy atom. The van der Waals surface area contributed by atoms with Gasteiger partial charge in [-0.1, -0.05) is 0 Å². The van der Waals surface area contributed by atoms with Crippen molar-refractivity contribution in [3.05, 3.63) is 6.33 Å². The van der Waals surface area contributed by atoms with Crippen molar-refractivity contribution in [2.45, 2.75) is 26.3 Å². The predicted molar refractivity (Wildman–Crippen MR) is 86.7 cm³/mol. The van der Waals surface area contributed by atoms with Gasteiger partial charge in [0, 0.05) is 19.6 Å². The molecule has 0 aliphatic heterocycles. The lowest BCUT2D eigenvalue weighted by Crippen LogP contribution is -2.30. The number of aromatic nitrogens is 4. The van der Waals surface area contributed by atoms with Crippen LogP contribution in [0.25, 0.3) is 11.2 Å². The number of hydrogen-bond donors (Lipinski definition) is 2. The average Bonchev–Trinajstić information content (AvgIpc) is 2.91. The minimum Gasteiger partial charge on any atom is -0.355 e. The summed E-state index contributed by atoms with van der Waals surface area (Å²) in [5, 5.41) is 3.16. The van der Waals surface area contributed by atoms with Gasteiger partial charge in [0.1, 0.15) is 5.52 Å². The fraction of sp³-hybridized carbons (Fsp3) is 0.615. The summed E-state index contributed by atoms with van der Waals surface area (Å²) < 4.78 is 0. The van der Waals surface area contributed by atoms with Gasteiger partial charge in [0.2, 0.25) is 5.95 Å². The molecule has 2 aromatic heterocycles. The molecule has 2 rings (SSSR count). The Balaban J connectivity index is 2.33. The van der Waals surface area contributed by atoms with Crippen LogP contribution in [-0.4, -0.2) is 51.6 Å². The zero-order chi connectivity index (χ0) is 14.5. The zero-order valence-corrected chi connectivity index (χ0v) is 13.3. The molecule has 2 heterocycles. The Morgan fingerprint density at radius 3 is 2.95 bits per heavy atom. The van der Waals surface area contributed by atoms with Crippen LogP contribution < -0.4 is 10.2 Å². The number of anilines is 2. The third-order valence-electron chi connectivity index (χ3n) is 3.34. The molecule has 0 saturated heterocycles. The van der Waals surface area contributed by atoms with E-state index in [0.29, 0.717) is 17.6 Å². The summed E-state index contributed by atoms with van der Waals surface area (Å²) in [5.41, 5.74) is 1.60. The molecule has 0 fully saturated rings. The minimum absolute atomic E-state index is 0.415. The van der Waals surface area contributed by atoms with Gasteiger partial charge in [0.25, 0.3) is 0 Å². The van der Waals surface area contributed by atoms with E-state index in [1.165, 1.54) is 0 Å². The number of nitrogens with zero attached hydrogens (tertiary/aromatic N) is 4. The maximum Gasteiger partial charge on any atom is 0.226 e. The van der Waals surface area contributed by atoms with Gasteiger partial charge in [-0.15, -0.1) is 0 Å². The lowest BCUT2D eigenvalue weighted by molar-refractivity contribution is 0.663. The van der Waals surface area contributed by atoms with Crippen molar-refractivity contribution in [1.82, 2.24) is 19.9 Å². The maximum absolute atomic E-state index is 4.62. The van der Waals surface area contributed by atoms with Crippen LogP contribution in [0.1, 0.15) is 20.3 Å². The summed E-state index contributed by atoms with van der Waals surface area (Å²) in [5.74, 6) is 2.67. The van der Waals surface area contributed by atoms with Crippen LogP contribution >= 0.6 is 11.8 Å². The van der Waals surface area contributed by atoms with Gasteiger partial charge < -0.3 is 15.2 Å². The molecule has 110 valence electrons. The molecule has 20 heavy (non-hydrogen) atoms. The largest absolute Gasteiger partial charge is 0.355 e. The number of rotatable bonds is 7. The molecular formula is C13H22N6S. The maximum atomic E-state index is 4.62. The van der Waals surface area contributed by atoms with Crippen molar-refractivity contribution in [3.8, 4) is 0 Å². The molecule has 0 saturated carbocycles. The first-order valence-corrected chi connectivity index (χ1v) is 8.23. The summed E-state index contributed by atoms with van der Waals surface area (Å²) in [6, 6.07) is 0.415. The normalized spacial score (nSPS) is 12.6. The number of thioether (sulfide) groups is 1. The standard InChI is InChI=1S/C13H22N6S/c1-5-14-13-17-11-10(15-8-16-11)12(18-13)19(3)9(2)6-7-20-4/h8-9H,5-7H2,1-4H3,(H2,14,15,16,17,18). The summed E-state index contributed by atoms with van der Waals surface area (Å²) in [6.45, 7) is 5.04. The Hall–Kier alpha value is -1.50. The van der Waals surface area contributed by atoms with Crippen LogP contribution in [0, 0.1) is 0 Å². The SMILES string of the molecule is CCNc1nc(N(C)C(C)CCSC)c2[nH]cnc2n1. The van der Waals surface area contributed by atoms with Crippen molar-refractivity contribution in [1.29, 1.82) is 0 Å². The van der Waals surface area contributed by atoms with Crippen molar-refractivity contribution in [2.24, 2.45) is 0 Å². The second-order valence-corrected chi connectivity index (χ2v) is 5.73. The molecule has 6 nitrogen and oxygen atoms in total. The highest BCUT2D eigenvalue weighted by Crippen LogP contribution is 2.24. The number of H-pyrrole nitrogens is 1. The van der Waals surface area contributed by atoms with E-state index in [0.717, 1.165) is 30.1 Å². The highest BCUT2D eigenvalue weighted by molar-refractivity contribution is 7.98. The third-order valence-corrected chi connectivity index (χ3v) is 3.98. The molecule has 0 spiro atoms. The van der Waals surface area contributed by atoms with Crippen LogP contribution in [-0.2, 0) is 0 Å². The van der Waals surface area contributed by atoms with Gasteiger partial charge in [0.15, 0.2) is 11.5 Å². The monoisotopic (exact) mass is 294 g/mol. The molecule has 0 aliphatic rings. The molecule has 7 heteroatoms. The lowest BCUT2D eigenvalue weighted by Gasteiger charge is -2.26. The van der Waals surface area contributed by atoms with E-state index in [1.807, 2.05) is 18.7 Å². The predicted octanol–water partition coefficient (Wildman–Crippen LogP) is 2.36. The Bertz CT molecular complexity index is 555. The Kier molecular flexibility index (Phi) is 5.05. The van der Waals surface area contributed by atoms with Gasteiger partial charge >= 0.3 is 0 Å². The highest BCUT2D eigenvalue weighted by Gasteiger charge is 2.17. The summed E-state index contributed by atoms with van der Waals surface area (Å²) in [7, 11) is 2.07. The molecule has 0 amide bonds. The Morgan fingerprint density at radius 2 is 2.25 bits per heavy atom. The van der Waals surface area contributed by atoms with E-state index in [9.17, 15) is 0 Å². The lowest BCUT2D eigenvalue weighted by atomic mass is 10.2. The van der Waals surface area contributed by atoms with E-state index in [-0.39, 0.29) is 0 Å². The van der Waals surface area contributed by atoms with Crippen LogP contribution in [0.4, 0.5) is 11.8 Å². The second-order valence-electron chi connectivity index (χ2n) is 4.74. The van der Waals surface area contributed by atoms with E-state index in [4.69, 9.17) is 0 Å². The number of hydrogen-bond acceptors (Lipinski definition) is 6. The molecule has 0 bridgehead atoms. The Labute approximate surface area is 123 Å². The first-order chi connectivity index (χ1) is 9.67.